The Balaban J connectivity index is 0.000000351. The zero-order valence-electron chi connectivity index (χ0n) is 12.8. The van der Waals surface area contributed by atoms with E-state index in [1.807, 2.05) is 0 Å². The second-order valence-corrected chi connectivity index (χ2v) is 5.60. The Morgan fingerprint density at radius 2 is 1.92 bits per heavy atom. The Hall–Kier alpha value is -1.88. The molecule has 0 aromatic rings. The van der Waals surface area contributed by atoms with Gasteiger partial charge in [0.2, 0.25) is 5.91 Å². The van der Waals surface area contributed by atoms with Crippen LogP contribution in [0.3, 0.4) is 0 Å². The number of nitrogens with one attached hydrogen (secondary N) is 1. The predicted octanol–water partition coefficient (Wildman–Crippen LogP) is -0.934. The number of carboxylic acid groups (broad SMARTS) is 1. The lowest BCUT2D eigenvalue weighted by molar-refractivity contribution is -0.192. The monoisotopic (exact) mass is 355 g/mol. The predicted molar refractivity (Wildman–Crippen MR) is 74.6 cm³/mol. The van der Waals surface area contributed by atoms with Gasteiger partial charge >= 0.3 is 12.1 Å². The number of carbonyl (C=O) groups excluding carboxylic acids is 2. The third-order valence-electron chi connectivity index (χ3n) is 3.79. The highest BCUT2D eigenvalue weighted by atomic mass is 19.4. The molecule has 2 aliphatic heterocycles. The first-order valence-corrected chi connectivity index (χ1v) is 7.34. The van der Waals surface area contributed by atoms with Crippen LogP contribution in [0.5, 0.6) is 0 Å². The second-order valence-electron chi connectivity index (χ2n) is 5.60. The van der Waals surface area contributed by atoms with E-state index < -0.39 is 24.3 Å². The zero-order chi connectivity index (χ0) is 18.5. The number of nitrogens with two attached hydrogens (primary N) is 1. The molecule has 2 rings (SSSR count). The maximum absolute atomic E-state index is 11.7. The lowest BCUT2D eigenvalue weighted by Gasteiger charge is -2.34. The van der Waals surface area contributed by atoms with E-state index in [1.54, 1.807) is 4.90 Å². The number of nitrogens with zero attached hydrogens (tertiary/aromatic N) is 1. The van der Waals surface area contributed by atoms with Crippen molar-refractivity contribution in [2.24, 2.45) is 11.7 Å². The number of aliphatic carboxylic acids is 1. The van der Waals surface area contributed by atoms with Crippen molar-refractivity contribution in [1.82, 2.24) is 10.2 Å². The summed E-state index contributed by atoms with van der Waals surface area (Å²) in [5.74, 6) is -3.25. The van der Waals surface area contributed by atoms with Crippen molar-refractivity contribution < 1.29 is 37.8 Å². The van der Waals surface area contributed by atoms with Crippen molar-refractivity contribution in [3.63, 3.8) is 0 Å². The third kappa shape index (κ3) is 5.64. The van der Waals surface area contributed by atoms with Gasteiger partial charge in [0.25, 0.3) is 5.91 Å². The van der Waals surface area contributed by atoms with Gasteiger partial charge in [0, 0.05) is 31.6 Å². The molecule has 2 amide bonds. The van der Waals surface area contributed by atoms with Crippen LogP contribution in [0.25, 0.3) is 0 Å². The van der Waals surface area contributed by atoms with E-state index in [1.165, 1.54) is 0 Å². The summed E-state index contributed by atoms with van der Waals surface area (Å²) < 4.78 is 31.7. The Kier molecular flexibility index (Phi) is 6.96. The standard InChI is InChI=1S/C11H19N3O3.C2HF3O2/c12-8(6-7-2-3-13-10(7)16)9(15)11(17)14-4-1-5-14;3-2(4,5)1(6)7/h7-9,15H,1-6,12H2,(H,13,16);(H,6,7)/t7-,8?,9?;/m0./s1. The first-order valence-electron chi connectivity index (χ1n) is 7.34. The maximum atomic E-state index is 11.7. The molecule has 138 valence electrons. The van der Waals surface area contributed by atoms with E-state index >= 15 is 0 Å². The molecule has 0 aliphatic carbocycles. The number of amides is 2. The first-order chi connectivity index (χ1) is 11.0. The number of rotatable bonds is 4. The van der Waals surface area contributed by atoms with E-state index in [0.717, 1.165) is 12.8 Å². The molecule has 2 unspecified atom stereocenters. The van der Waals surface area contributed by atoms with Crippen molar-refractivity contribution in [2.75, 3.05) is 19.6 Å². The summed E-state index contributed by atoms with van der Waals surface area (Å²) >= 11 is 0. The first kappa shape index (κ1) is 20.2. The van der Waals surface area contributed by atoms with Crippen LogP contribution in [0.15, 0.2) is 0 Å². The largest absolute Gasteiger partial charge is 0.490 e. The summed E-state index contributed by atoms with van der Waals surface area (Å²) in [6, 6.07) is -0.656. The number of carboxylic acids is 1. The van der Waals surface area contributed by atoms with Crippen LogP contribution in [0, 0.1) is 5.92 Å². The van der Waals surface area contributed by atoms with Gasteiger partial charge in [-0.25, -0.2) is 4.79 Å². The molecule has 0 aromatic carbocycles. The molecule has 2 heterocycles. The van der Waals surface area contributed by atoms with Crippen molar-refractivity contribution in [1.29, 1.82) is 0 Å². The Morgan fingerprint density at radius 1 is 1.38 bits per heavy atom. The lowest BCUT2D eigenvalue weighted by Crippen LogP contribution is -2.53. The molecule has 8 nitrogen and oxygen atoms in total. The number of likely N-dealkylation sites (tertiary alicyclic amines) is 1. The van der Waals surface area contributed by atoms with Gasteiger partial charge in [-0.2, -0.15) is 13.2 Å². The Bertz CT molecular complexity index is 482. The van der Waals surface area contributed by atoms with Crippen LogP contribution in [-0.2, 0) is 14.4 Å². The lowest BCUT2D eigenvalue weighted by atomic mass is 9.95. The van der Waals surface area contributed by atoms with Gasteiger partial charge in [0.1, 0.15) is 6.10 Å². The molecule has 0 bridgehead atoms. The summed E-state index contributed by atoms with van der Waals surface area (Å²) in [7, 11) is 0. The molecule has 24 heavy (non-hydrogen) atoms. The van der Waals surface area contributed by atoms with E-state index in [-0.39, 0.29) is 17.7 Å². The number of hydrogen-bond acceptors (Lipinski definition) is 5. The minimum Gasteiger partial charge on any atom is -0.475 e. The van der Waals surface area contributed by atoms with Gasteiger partial charge in [0.15, 0.2) is 0 Å². The number of hydrogen-bond donors (Lipinski definition) is 4. The quantitative estimate of drug-likeness (QED) is 0.515. The van der Waals surface area contributed by atoms with Crippen molar-refractivity contribution in [2.45, 2.75) is 37.6 Å². The molecule has 5 N–H and O–H groups in total. The van der Waals surface area contributed by atoms with Crippen LogP contribution >= 0.6 is 0 Å². The van der Waals surface area contributed by atoms with E-state index in [0.29, 0.717) is 26.1 Å². The molecule has 0 radical (unpaired) electrons. The zero-order valence-corrected chi connectivity index (χ0v) is 12.8. The Morgan fingerprint density at radius 3 is 2.25 bits per heavy atom. The number of halogens is 3. The van der Waals surface area contributed by atoms with Crippen molar-refractivity contribution >= 4 is 17.8 Å². The number of alkyl halides is 3. The molecule has 2 saturated heterocycles. The molecule has 2 fully saturated rings. The molecule has 11 heteroatoms. The highest BCUT2D eigenvalue weighted by Gasteiger charge is 2.38. The Labute approximate surface area is 135 Å². The SMILES string of the molecule is NC(C[C@@H]1CCNC1=O)C(O)C(=O)N1CCC1.O=C(O)C(F)(F)F. The van der Waals surface area contributed by atoms with E-state index in [4.69, 9.17) is 15.6 Å². The molecule has 0 saturated carbocycles. The summed E-state index contributed by atoms with van der Waals surface area (Å²) in [4.78, 5) is 33.6. The fourth-order valence-corrected chi connectivity index (χ4v) is 2.23. The van der Waals surface area contributed by atoms with Gasteiger partial charge in [-0.05, 0) is 19.3 Å². The van der Waals surface area contributed by atoms with Crippen molar-refractivity contribution in [3.8, 4) is 0 Å². The van der Waals surface area contributed by atoms with Gasteiger partial charge in [-0.1, -0.05) is 0 Å². The van der Waals surface area contributed by atoms with Crippen molar-refractivity contribution in [3.05, 3.63) is 0 Å². The normalized spacial score (nSPS) is 22.6. The number of aliphatic hydroxyl groups excluding tert-OH is 1. The van der Waals surface area contributed by atoms with Gasteiger partial charge in [-0.15, -0.1) is 0 Å². The molecular weight excluding hydrogens is 335 g/mol. The summed E-state index contributed by atoms with van der Waals surface area (Å²) in [6.07, 6.45) is -4.17. The minimum atomic E-state index is -5.08. The van der Waals surface area contributed by atoms with Crippen LogP contribution in [0.2, 0.25) is 0 Å². The second kappa shape index (κ2) is 8.29. The van der Waals surface area contributed by atoms with Crippen LogP contribution in [0.1, 0.15) is 19.3 Å². The molecule has 0 aromatic heterocycles. The average molecular weight is 355 g/mol. The van der Waals surface area contributed by atoms with Gasteiger partial charge < -0.3 is 26.2 Å². The summed E-state index contributed by atoms with van der Waals surface area (Å²) in [6.45, 7) is 2.06. The highest BCUT2D eigenvalue weighted by Crippen LogP contribution is 2.18. The minimum absolute atomic E-state index is 0.0240. The molecule has 3 atom stereocenters. The average Bonchev–Trinajstić information content (AvgIpc) is 2.81. The number of aliphatic hydroxyl groups is 1. The number of carbonyl (C=O) groups is 3. The van der Waals surface area contributed by atoms with E-state index in [2.05, 4.69) is 5.32 Å². The summed E-state index contributed by atoms with van der Waals surface area (Å²) in [5, 5.41) is 19.7. The van der Waals surface area contributed by atoms with Crippen LogP contribution in [-0.4, -0.2) is 70.9 Å². The highest BCUT2D eigenvalue weighted by molar-refractivity contribution is 5.83. The third-order valence-corrected chi connectivity index (χ3v) is 3.79. The van der Waals surface area contributed by atoms with Gasteiger partial charge in [0.05, 0.1) is 0 Å². The maximum Gasteiger partial charge on any atom is 0.490 e. The smallest absolute Gasteiger partial charge is 0.475 e. The molecule has 2 aliphatic rings. The van der Waals surface area contributed by atoms with E-state index in [9.17, 15) is 27.9 Å². The molecular formula is C13H20F3N3O5. The summed E-state index contributed by atoms with van der Waals surface area (Å²) in [5.41, 5.74) is 5.80. The van der Waals surface area contributed by atoms with Crippen LogP contribution < -0.4 is 11.1 Å². The van der Waals surface area contributed by atoms with Gasteiger partial charge in [-0.3, -0.25) is 9.59 Å². The van der Waals surface area contributed by atoms with Crippen LogP contribution in [0.4, 0.5) is 13.2 Å². The fourth-order valence-electron chi connectivity index (χ4n) is 2.23. The molecule has 0 spiro atoms. The fraction of sp³-hybridized carbons (Fsp3) is 0.769. The topological polar surface area (TPSA) is 133 Å².